The molecule has 1 aromatic heterocycles. The highest BCUT2D eigenvalue weighted by molar-refractivity contribution is 5.77. The zero-order chi connectivity index (χ0) is 23.6. The number of aromatic nitrogens is 2. The van der Waals surface area contributed by atoms with Crippen LogP contribution in [0.1, 0.15) is 57.9 Å². The van der Waals surface area contributed by atoms with Gasteiger partial charge in [0.25, 0.3) is 0 Å². The molecular formula is C25H36N4O4. The molecule has 1 N–H and O–H groups in total. The smallest absolute Gasteiger partial charge is 0.316 e. The van der Waals surface area contributed by atoms with Gasteiger partial charge in [0.1, 0.15) is 0 Å². The summed E-state index contributed by atoms with van der Waals surface area (Å²) in [5, 5.41) is 3.51. The second-order valence-corrected chi connectivity index (χ2v) is 8.10. The third-order valence-corrected chi connectivity index (χ3v) is 6.09. The van der Waals surface area contributed by atoms with E-state index in [9.17, 15) is 4.79 Å². The number of carbonyl (C=O) groups excluding carboxylic acids is 1. The standard InChI is InChI=1S/C25H36N4O4/c1-5-18(15-24(30)31-4)19-8-9-23(29(6-2)21-10-12-32-13-11-21)22(14-19)28-20-16-26-25(27-17-20)33-7-3/h8-9,14,16-18,21,28H,5-7,10-13,15H2,1-4H3/t18-/m0/s1. The first-order valence-corrected chi connectivity index (χ1v) is 11.9. The molecule has 33 heavy (non-hydrogen) atoms. The Kier molecular flexibility index (Phi) is 9.30. The van der Waals surface area contributed by atoms with Crippen molar-refractivity contribution in [3.05, 3.63) is 36.2 Å². The second-order valence-electron chi connectivity index (χ2n) is 8.10. The van der Waals surface area contributed by atoms with Crippen LogP contribution < -0.4 is 15.0 Å². The van der Waals surface area contributed by atoms with Gasteiger partial charge in [0.2, 0.25) is 0 Å². The van der Waals surface area contributed by atoms with E-state index in [1.165, 1.54) is 7.11 Å². The zero-order valence-electron chi connectivity index (χ0n) is 20.2. The summed E-state index contributed by atoms with van der Waals surface area (Å²) < 4.78 is 15.9. The molecule has 2 heterocycles. The van der Waals surface area contributed by atoms with Crippen molar-refractivity contribution in [1.29, 1.82) is 0 Å². The molecule has 3 rings (SSSR count). The summed E-state index contributed by atoms with van der Waals surface area (Å²) in [6.45, 7) is 9.15. The lowest BCUT2D eigenvalue weighted by atomic mass is 9.92. The van der Waals surface area contributed by atoms with E-state index in [0.717, 1.165) is 61.6 Å². The molecule has 1 saturated heterocycles. The van der Waals surface area contributed by atoms with Crippen molar-refractivity contribution < 1.29 is 19.0 Å². The van der Waals surface area contributed by atoms with E-state index in [1.807, 2.05) is 6.92 Å². The quantitative estimate of drug-likeness (QED) is 0.488. The molecule has 1 atom stereocenters. The number of hydrogen-bond donors (Lipinski definition) is 1. The van der Waals surface area contributed by atoms with Crippen molar-refractivity contribution in [2.75, 3.05) is 43.7 Å². The number of esters is 1. The Morgan fingerprint density at radius 3 is 2.55 bits per heavy atom. The van der Waals surface area contributed by atoms with Gasteiger partial charge in [-0.2, -0.15) is 0 Å². The topological polar surface area (TPSA) is 85.8 Å². The lowest BCUT2D eigenvalue weighted by Crippen LogP contribution is -2.39. The highest BCUT2D eigenvalue weighted by Gasteiger charge is 2.24. The van der Waals surface area contributed by atoms with Gasteiger partial charge in [0.15, 0.2) is 0 Å². The molecule has 1 aliphatic rings. The van der Waals surface area contributed by atoms with E-state index in [4.69, 9.17) is 14.2 Å². The highest BCUT2D eigenvalue weighted by Crippen LogP contribution is 2.36. The molecule has 0 spiro atoms. The van der Waals surface area contributed by atoms with Gasteiger partial charge in [-0.05, 0) is 56.7 Å². The maximum absolute atomic E-state index is 12.0. The minimum Gasteiger partial charge on any atom is -0.469 e. The Morgan fingerprint density at radius 2 is 1.94 bits per heavy atom. The number of hydrogen-bond acceptors (Lipinski definition) is 8. The van der Waals surface area contributed by atoms with Gasteiger partial charge >= 0.3 is 12.0 Å². The average Bonchev–Trinajstić information content (AvgIpc) is 2.85. The molecule has 0 aliphatic carbocycles. The Hall–Kier alpha value is -2.87. The van der Waals surface area contributed by atoms with Gasteiger partial charge in [-0.3, -0.25) is 4.79 Å². The monoisotopic (exact) mass is 456 g/mol. The number of nitrogens with zero attached hydrogens (tertiary/aromatic N) is 3. The first-order chi connectivity index (χ1) is 16.1. The molecular weight excluding hydrogens is 420 g/mol. The van der Waals surface area contributed by atoms with Crippen LogP contribution in [0, 0.1) is 0 Å². The minimum absolute atomic E-state index is 0.0850. The molecule has 1 fully saturated rings. The summed E-state index contributed by atoms with van der Waals surface area (Å²) in [4.78, 5) is 23.0. The molecule has 0 unspecified atom stereocenters. The molecule has 8 nitrogen and oxygen atoms in total. The van der Waals surface area contributed by atoms with Crippen LogP contribution in [0.25, 0.3) is 0 Å². The molecule has 1 aliphatic heterocycles. The highest BCUT2D eigenvalue weighted by atomic mass is 16.5. The van der Waals surface area contributed by atoms with Gasteiger partial charge in [-0.15, -0.1) is 0 Å². The fraction of sp³-hybridized carbons (Fsp3) is 0.560. The van der Waals surface area contributed by atoms with Crippen molar-refractivity contribution >= 4 is 23.0 Å². The van der Waals surface area contributed by atoms with E-state index in [-0.39, 0.29) is 11.9 Å². The van der Waals surface area contributed by atoms with Gasteiger partial charge in [0.05, 0.1) is 49.6 Å². The first kappa shape index (κ1) is 24.8. The van der Waals surface area contributed by atoms with Crippen LogP contribution >= 0.6 is 0 Å². The van der Waals surface area contributed by atoms with Gasteiger partial charge in [-0.25, -0.2) is 9.97 Å². The predicted octanol–water partition coefficient (Wildman–Crippen LogP) is 4.68. The third-order valence-electron chi connectivity index (χ3n) is 6.09. The van der Waals surface area contributed by atoms with Crippen LogP contribution in [-0.2, 0) is 14.3 Å². The molecule has 1 aromatic carbocycles. The van der Waals surface area contributed by atoms with Gasteiger partial charge in [-0.1, -0.05) is 13.0 Å². The van der Waals surface area contributed by atoms with Gasteiger partial charge in [0, 0.05) is 25.8 Å². The van der Waals surface area contributed by atoms with Crippen LogP contribution in [0.15, 0.2) is 30.6 Å². The van der Waals surface area contributed by atoms with Crippen molar-refractivity contribution in [3.8, 4) is 6.01 Å². The summed E-state index contributed by atoms with van der Waals surface area (Å²) in [6, 6.07) is 7.22. The number of rotatable bonds is 11. The minimum atomic E-state index is -0.197. The molecule has 0 amide bonds. The number of nitrogens with one attached hydrogen (secondary N) is 1. The molecule has 0 radical (unpaired) electrons. The zero-order valence-corrected chi connectivity index (χ0v) is 20.2. The normalized spacial score (nSPS) is 15.0. The van der Waals surface area contributed by atoms with Crippen molar-refractivity contribution in [3.63, 3.8) is 0 Å². The van der Waals surface area contributed by atoms with E-state index < -0.39 is 0 Å². The molecule has 0 bridgehead atoms. The molecule has 180 valence electrons. The van der Waals surface area contributed by atoms with E-state index in [2.05, 4.69) is 52.2 Å². The maximum Gasteiger partial charge on any atom is 0.316 e. The van der Waals surface area contributed by atoms with E-state index in [1.54, 1.807) is 12.4 Å². The number of carbonyl (C=O) groups is 1. The summed E-state index contributed by atoms with van der Waals surface area (Å²) in [6.07, 6.45) is 6.66. The van der Waals surface area contributed by atoms with Crippen LogP contribution in [0.5, 0.6) is 6.01 Å². The van der Waals surface area contributed by atoms with Crippen LogP contribution in [0.2, 0.25) is 0 Å². The lowest BCUT2D eigenvalue weighted by molar-refractivity contribution is -0.141. The number of methoxy groups -OCH3 is 1. The Balaban J connectivity index is 1.95. The van der Waals surface area contributed by atoms with Crippen molar-refractivity contribution in [2.24, 2.45) is 0 Å². The van der Waals surface area contributed by atoms with Gasteiger partial charge < -0.3 is 24.4 Å². The van der Waals surface area contributed by atoms with Crippen LogP contribution in [0.3, 0.4) is 0 Å². The van der Waals surface area contributed by atoms with Crippen molar-refractivity contribution in [1.82, 2.24) is 9.97 Å². The van der Waals surface area contributed by atoms with Crippen LogP contribution in [-0.4, -0.2) is 55.5 Å². The second kappa shape index (κ2) is 12.4. The van der Waals surface area contributed by atoms with Crippen LogP contribution in [0.4, 0.5) is 17.1 Å². The lowest BCUT2D eigenvalue weighted by Gasteiger charge is -2.37. The largest absolute Gasteiger partial charge is 0.469 e. The number of benzene rings is 1. The summed E-state index contributed by atoms with van der Waals surface area (Å²) in [5.41, 5.74) is 3.97. The third kappa shape index (κ3) is 6.57. The molecule has 8 heteroatoms. The Bertz CT molecular complexity index is 884. The summed E-state index contributed by atoms with van der Waals surface area (Å²) >= 11 is 0. The fourth-order valence-corrected chi connectivity index (χ4v) is 4.30. The maximum atomic E-state index is 12.0. The van der Waals surface area contributed by atoms with E-state index in [0.29, 0.717) is 25.1 Å². The Labute approximate surface area is 196 Å². The number of anilines is 3. The number of ether oxygens (including phenoxy) is 3. The van der Waals surface area contributed by atoms with E-state index >= 15 is 0 Å². The Morgan fingerprint density at radius 1 is 1.21 bits per heavy atom. The molecule has 0 saturated carbocycles. The molecule has 2 aromatic rings. The summed E-state index contributed by atoms with van der Waals surface area (Å²) in [7, 11) is 1.43. The predicted molar refractivity (Wildman–Crippen MR) is 129 cm³/mol. The first-order valence-electron chi connectivity index (χ1n) is 11.9. The fourth-order valence-electron chi connectivity index (χ4n) is 4.30. The van der Waals surface area contributed by atoms with Crippen molar-refractivity contribution in [2.45, 2.75) is 58.4 Å². The SMILES string of the molecule is CCOc1ncc(Nc2cc([C@@H](CC)CC(=O)OC)ccc2N(CC)C2CCOCC2)cn1. The summed E-state index contributed by atoms with van der Waals surface area (Å²) in [5.74, 6) is -0.112. The average molecular weight is 457 g/mol.